The first-order chi connectivity index (χ1) is 14.6. The molecule has 3 aromatic rings. The normalized spacial score (nSPS) is 18.6. The van der Waals surface area contributed by atoms with E-state index in [1.165, 1.54) is 5.56 Å². The second-order valence-corrected chi connectivity index (χ2v) is 7.94. The summed E-state index contributed by atoms with van der Waals surface area (Å²) in [5.74, 6) is 0.348. The number of aromatic nitrogens is 3. The van der Waals surface area contributed by atoms with E-state index in [0.717, 1.165) is 29.4 Å². The Hall–Kier alpha value is -3.13. The molecule has 1 fully saturated rings. The summed E-state index contributed by atoms with van der Waals surface area (Å²) >= 11 is 0. The van der Waals surface area contributed by atoms with Crippen molar-refractivity contribution in [2.75, 3.05) is 25.1 Å². The zero-order valence-electron chi connectivity index (χ0n) is 17.0. The van der Waals surface area contributed by atoms with Crippen LogP contribution < -0.4 is 5.32 Å². The molecule has 2 aromatic heterocycles. The fourth-order valence-electron chi connectivity index (χ4n) is 4.28. The molecule has 2 aliphatic rings. The van der Waals surface area contributed by atoms with Crippen LogP contribution in [0.25, 0.3) is 10.9 Å². The number of H-pyrrole nitrogens is 1. The number of hydrogen-bond donors (Lipinski definition) is 2. The minimum Gasteiger partial charge on any atom is -0.381 e. The van der Waals surface area contributed by atoms with E-state index in [0.29, 0.717) is 44.4 Å². The predicted octanol–water partition coefficient (Wildman–Crippen LogP) is 2.56. The molecule has 0 saturated carbocycles. The van der Waals surface area contributed by atoms with Gasteiger partial charge in [0.25, 0.3) is 5.91 Å². The number of ether oxygens (including phenoxy) is 1. The molecule has 8 heteroatoms. The minimum absolute atomic E-state index is 0.0191. The minimum atomic E-state index is -0.114. The average Bonchev–Trinajstić information content (AvgIpc) is 3.50. The first kappa shape index (κ1) is 18.9. The van der Waals surface area contributed by atoms with Crippen LogP contribution in [-0.4, -0.2) is 51.2 Å². The van der Waals surface area contributed by atoms with Crippen LogP contribution in [0.3, 0.4) is 0 Å². The molecule has 5 rings (SSSR count). The van der Waals surface area contributed by atoms with Crippen molar-refractivity contribution < 1.29 is 14.3 Å². The molecule has 4 heterocycles. The average molecular weight is 407 g/mol. The number of benzene rings is 1. The van der Waals surface area contributed by atoms with Gasteiger partial charge in [-0.1, -0.05) is 19.1 Å². The monoisotopic (exact) mass is 407 g/mol. The fourth-order valence-corrected chi connectivity index (χ4v) is 4.28. The lowest BCUT2D eigenvalue weighted by molar-refractivity contribution is -0.119. The molecule has 1 saturated heterocycles. The number of nitrogens with zero attached hydrogens (tertiary/aromatic N) is 3. The SMILES string of the molecule is CCc1cccc2[nH]c(C(=O)N3CCn4nc(NC(=O)C5CCOC5)cc4C3)cc12. The Kier molecular flexibility index (Phi) is 4.78. The zero-order chi connectivity index (χ0) is 20.7. The van der Waals surface area contributed by atoms with Crippen molar-refractivity contribution in [3.8, 4) is 0 Å². The second kappa shape index (κ2) is 7.60. The molecule has 1 aromatic carbocycles. The lowest BCUT2D eigenvalue weighted by Crippen LogP contribution is -2.38. The maximum atomic E-state index is 13.1. The maximum absolute atomic E-state index is 13.1. The van der Waals surface area contributed by atoms with Crippen LogP contribution in [0.1, 0.15) is 35.1 Å². The summed E-state index contributed by atoms with van der Waals surface area (Å²) < 4.78 is 7.15. The van der Waals surface area contributed by atoms with E-state index >= 15 is 0 Å². The van der Waals surface area contributed by atoms with Gasteiger partial charge < -0.3 is 19.9 Å². The van der Waals surface area contributed by atoms with Crippen LogP contribution >= 0.6 is 0 Å². The van der Waals surface area contributed by atoms with E-state index in [1.807, 2.05) is 33.8 Å². The molecule has 30 heavy (non-hydrogen) atoms. The Morgan fingerprint density at radius 3 is 3.00 bits per heavy atom. The van der Waals surface area contributed by atoms with Gasteiger partial charge in [0.15, 0.2) is 5.82 Å². The highest BCUT2D eigenvalue weighted by molar-refractivity contribution is 5.99. The van der Waals surface area contributed by atoms with Gasteiger partial charge in [-0.3, -0.25) is 14.3 Å². The van der Waals surface area contributed by atoms with Crippen molar-refractivity contribution in [1.82, 2.24) is 19.7 Å². The summed E-state index contributed by atoms with van der Waals surface area (Å²) in [6.45, 7) is 4.85. The van der Waals surface area contributed by atoms with Crippen LogP contribution in [0, 0.1) is 5.92 Å². The van der Waals surface area contributed by atoms with Gasteiger partial charge in [-0.15, -0.1) is 0 Å². The number of anilines is 1. The second-order valence-electron chi connectivity index (χ2n) is 7.94. The third-order valence-electron chi connectivity index (χ3n) is 6.00. The van der Waals surface area contributed by atoms with E-state index in [1.54, 1.807) is 0 Å². The van der Waals surface area contributed by atoms with E-state index < -0.39 is 0 Å². The Labute approximate surface area is 174 Å². The molecular weight excluding hydrogens is 382 g/mol. The van der Waals surface area contributed by atoms with Crippen molar-refractivity contribution in [3.63, 3.8) is 0 Å². The molecule has 0 radical (unpaired) electrons. The van der Waals surface area contributed by atoms with E-state index in [9.17, 15) is 9.59 Å². The van der Waals surface area contributed by atoms with Gasteiger partial charge in [-0.2, -0.15) is 5.10 Å². The van der Waals surface area contributed by atoms with Gasteiger partial charge in [0.2, 0.25) is 5.91 Å². The van der Waals surface area contributed by atoms with Crippen molar-refractivity contribution in [2.24, 2.45) is 5.92 Å². The highest BCUT2D eigenvalue weighted by Crippen LogP contribution is 2.24. The molecule has 0 spiro atoms. The Balaban J connectivity index is 1.31. The first-order valence-corrected chi connectivity index (χ1v) is 10.5. The third-order valence-corrected chi connectivity index (χ3v) is 6.00. The highest BCUT2D eigenvalue weighted by atomic mass is 16.5. The van der Waals surface area contributed by atoms with Gasteiger partial charge in [-0.25, -0.2) is 0 Å². The highest BCUT2D eigenvalue weighted by Gasteiger charge is 2.27. The molecule has 2 aliphatic heterocycles. The Morgan fingerprint density at radius 2 is 2.20 bits per heavy atom. The Bertz CT molecular complexity index is 1110. The number of carbonyl (C=O) groups is 2. The van der Waals surface area contributed by atoms with E-state index in [4.69, 9.17) is 4.74 Å². The first-order valence-electron chi connectivity index (χ1n) is 10.5. The molecule has 156 valence electrons. The van der Waals surface area contributed by atoms with Gasteiger partial charge in [0.1, 0.15) is 5.69 Å². The maximum Gasteiger partial charge on any atom is 0.270 e. The van der Waals surface area contributed by atoms with Crippen molar-refractivity contribution in [1.29, 1.82) is 0 Å². The number of aromatic amines is 1. The van der Waals surface area contributed by atoms with Gasteiger partial charge in [0.05, 0.1) is 31.3 Å². The topological polar surface area (TPSA) is 92.3 Å². The number of fused-ring (bicyclic) bond motifs is 2. The lowest BCUT2D eigenvalue weighted by atomic mass is 10.1. The number of nitrogens with one attached hydrogen (secondary N) is 2. The Morgan fingerprint density at radius 1 is 1.30 bits per heavy atom. The van der Waals surface area contributed by atoms with Crippen molar-refractivity contribution in [2.45, 2.75) is 32.9 Å². The third kappa shape index (κ3) is 3.37. The molecule has 0 bridgehead atoms. The quantitative estimate of drug-likeness (QED) is 0.695. The molecule has 2 amide bonds. The van der Waals surface area contributed by atoms with Gasteiger partial charge >= 0.3 is 0 Å². The smallest absolute Gasteiger partial charge is 0.270 e. The summed E-state index contributed by atoms with van der Waals surface area (Å²) in [7, 11) is 0. The van der Waals surface area contributed by atoms with Crippen LogP contribution in [0.15, 0.2) is 30.3 Å². The molecule has 8 nitrogen and oxygen atoms in total. The molecule has 2 N–H and O–H groups in total. The zero-order valence-corrected chi connectivity index (χ0v) is 17.0. The van der Waals surface area contributed by atoms with Gasteiger partial charge in [-0.05, 0) is 30.5 Å². The number of aryl methyl sites for hydroxylation is 1. The standard InChI is InChI=1S/C22H25N5O3/c1-2-14-4-3-5-18-17(14)11-19(23-18)22(29)26-7-8-27-16(12-26)10-20(25-27)24-21(28)15-6-9-30-13-15/h3-5,10-11,15,23H,2,6-9,12-13H2,1H3,(H,24,25,28). The summed E-state index contributed by atoms with van der Waals surface area (Å²) in [6, 6.07) is 9.92. The molecule has 1 unspecified atom stereocenters. The summed E-state index contributed by atoms with van der Waals surface area (Å²) in [5.41, 5.74) is 3.74. The molecule has 1 atom stereocenters. The van der Waals surface area contributed by atoms with Crippen molar-refractivity contribution in [3.05, 3.63) is 47.3 Å². The molecular formula is C22H25N5O3. The van der Waals surface area contributed by atoms with Crippen LogP contribution in [0.4, 0.5) is 5.82 Å². The van der Waals surface area contributed by atoms with E-state index in [2.05, 4.69) is 28.4 Å². The largest absolute Gasteiger partial charge is 0.381 e. The number of hydrogen-bond acceptors (Lipinski definition) is 4. The predicted molar refractivity (Wildman–Crippen MR) is 112 cm³/mol. The van der Waals surface area contributed by atoms with Gasteiger partial charge in [0, 0.05) is 30.1 Å². The van der Waals surface area contributed by atoms with E-state index in [-0.39, 0.29) is 17.7 Å². The number of amides is 2. The van der Waals surface area contributed by atoms with Crippen LogP contribution in [0.2, 0.25) is 0 Å². The molecule has 0 aliphatic carbocycles. The number of carbonyl (C=O) groups excluding carboxylic acids is 2. The van der Waals surface area contributed by atoms with Crippen molar-refractivity contribution >= 4 is 28.5 Å². The van der Waals surface area contributed by atoms with Crippen LogP contribution in [0.5, 0.6) is 0 Å². The summed E-state index contributed by atoms with van der Waals surface area (Å²) in [5, 5.41) is 8.47. The fraction of sp³-hybridized carbons (Fsp3) is 0.409. The lowest BCUT2D eigenvalue weighted by Gasteiger charge is -2.27. The number of rotatable bonds is 4. The summed E-state index contributed by atoms with van der Waals surface area (Å²) in [6.07, 6.45) is 1.67. The summed E-state index contributed by atoms with van der Waals surface area (Å²) in [4.78, 5) is 30.5. The van der Waals surface area contributed by atoms with Crippen LogP contribution in [-0.2, 0) is 29.0 Å².